The summed E-state index contributed by atoms with van der Waals surface area (Å²) in [5.41, 5.74) is -0.467. The number of carbonyl (C=O) groups excluding carboxylic acids is 1. The normalized spacial score (nSPS) is 15.4. The highest BCUT2D eigenvalue weighted by Gasteiger charge is 2.17. The van der Waals surface area contributed by atoms with Gasteiger partial charge in [0.1, 0.15) is 23.2 Å². The van der Waals surface area contributed by atoms with E-state index in [0.717, 1.165) is 25.7 Å². The fraction of sp³-hybridized carbons (Fsp3) is 0.571. The lowest BCUT2D eigenvalue weighted by molar-refractivity contribution is -0.122. The molecule has 0 radical (unpaired) electrons. The van der Waals surface area contributed by atoms with E-state index < -0.39 is 5.56 Å². The molecule has 1 aromatic heterocycles. The first kappa shape index (κ1) is 15.6. The predicted octanol–water partition coefficient (Wildman–Crippen LogP) is 1.29. The first-order valence-electron chi connectivity index (χ1n) is 6.98. The molecule has 7 heteroatoms. The third-order valence-electron chi connectivity index (χ3n) is 3.59. The Morgan fingerprint density at radius 2 is 2.24 bits per heavy atom. The minimum Gasteiger partial charge on any atom is -0.352 e. The van der Waals surface area contributed by atoms with Crippen molar-refractivity contribution >= 4 is 17.7 Å². The number of aromatic nitrogens is 2. The van der Waals surface area contributed by atoms with Gasteiger partial charge in [-0.05, 0) is 19.1 Å². The Kier molecular flexibility index (Phi) is 5.39. The van der Waals surface area contributed by atoms with Gasteiger partial charge in [0.15, 0.2) is 0 Å². The van der Waals surface area contributed by atoms with Gasteiger partial charge < -0.3 is 5.32 Å². The van der Waals surface area contributed by atoms with Gasteiger partial charge in [0.2, 0.25) is 5.91 Å². The standard InChI is InChI=1S/C14H18N4O2S/c1-21-13-11(7-15)14(20)18(9-16-13)8-12(19)17-10-5-3-2-4-6-10/h9-10H,2-6,8H2,1H3,(H,17,19). The molecule has 112 valence electrons. The van der Waals surface area contributed by atoms with Gasteiger partial charge in [0.05, 0.1) is 6.33 Å². The maximum absolute atomic E-state index is 12.1. The van der Waals surface area contributed by atoms with Crippen LogP contribution in [0.4, 0.5) is 0 Å². The predicted molar refractivity (Wildman–Crippen MR) is 80.0 cm³/mol. The number of rotatable bonds is 4. The zero-order chi connectivity index (χ0) is 15.2. The number of carbonyl (C=O) groups is 1. The van der Waals surface area contributed by atoms with E-state index in [9.17, 15) is 9.59 Å². The Morgan fingerprint density at radius 1 is 1.52 bits per heavy atom. The van der Waals surface area contributed by atoms with Gasteiger partial charge in [-0.1, -0.05) is 19.3 Å². The van der Waals surface area contributed by atoms with Crippen LogP contribution in [0.15, 0.2) is 16.1 Å². The molecule has 0 aromatic carbocycles. The number of hydrogen-bond donors (Lipinski definition) is 1. The summed E-state index contributed by atoms with van der Waals surface area (Å²) >= 11 is 1.24. The zero-order valence-corrected chi connectivity index (χ0v) is 12.8. The van der Waals surface area contributed by atoms with E-state index in [1.165, 1.54) is 29.1 Å². The van der Waals surface area contributed by atoms with Crippen molar-refractivity contribution in [3.63, 3.8) is 0 Å². The highest BCUT2D eigenvalue weighted by atomic mass is 32.2. The van der Waals surface area contributed by atoms with Crippen LogP contribution in [-0.2, 0) is 11.3 Å². The number of thioether (sulfide) groups is 1. The Balaban J connectivity index is 2.07. The van der Waals surface area contributed by atoms with Crippen LogP contribution in [-0.4, -0.2) is 27.8 Å². The number of nitriles is 1. The van der Waals surface area contributed by atoms with Crippen LogP contribution in [0.25, 0.3) is 0 Å². The minimum absolute atomic E-state index is 0.00420. The van der Waals surface area contributed by atoms with Crippen LogP contribution in [0.1, 0.15) is 37.7 Å². The molecule has 1 fully saturated rings. The largest absolute Gasteiger partial charge is 0.352 e. The van der Waals surface area contributed by atoms with E-state index >= 15 is 0 Å². The molecule has 21 heavy (non-hydrogen) atoms. The number of nitrogens with zero attached hydrogens (tertiary/aromatic N) is 3. The molecule has 0 saturated heterocycles. The highest BCUT2D eigenvalue weighted by Crippen LogP contribution is 2.17. The first-order valence-corrected chi connectivity index (χ1v) is 8.21. The van der Waals surface area contributed by atoms with Gasteiger partial charge in [0, 0.05) is 6.04 Å². The Morgan fingerprint density at radius 3 is 2.86 bits per heavy atom. The maximum atomic E-state index is 12.1. The third-order valence-corrected chi connectivity index (χ3v) is 4.29. The fourth-order valence-electron chi connectivity index (χ4n) is 2.51. The van der Waals surface area contributed by atoms with Gasteiger partial charge >= 0.3 is 0 Å². The summed E-state index contributed by atoms with van der Waals surface area (Å²) in [5.74, 6) is -0.202. The molecule has 1 heterocycles. The second-order valence-corrected chi connectivity index (χ2v) is 5.87. The van der Waals surface area contributed by atoms with Gasteiger partial charge in [-0.25, -0.2) is 4.98 Å². The molecule has 0 bridgehead atoms. The summed E-state index contributed by atoms with van der Waals surface area (Å²) in [4.78, 5) is 28.2. The van der Waals surface area contributed by atoms with Crippen molar-refractivity contribution in [2.45, 2.75) is 49.7 Å². The average molecular weight is 306 g/mol. The van der Waals surface area contributed by atoms with E-state index in [4.69, 9.17) is 5.26 Å². The van der Waals surface area contributed by atoms with Gasteiger partial charge in [-0.3, -0.25) is 14.2 Å². The Bertz CT molecular complexity index is 614. The highest BCUT2D eigenvalue weighted by molar-refractivity contribution is 7.98. The number of hydrogen-bond acceptors (Lipinski definition) is 5. The van der Waals surface area contributed by atoms with Crippen molar-refractivity contribution in [3.05, 3.63) is 22.2 Å². The molecule has 1 amide bonds. The van der Waals surface area contributed by atoms with Crippen LogP contribution in [0.3, 0.4) is 0 Å². The van der Waals surface area contributed by atoms with Crippen molar-refractivity contribution < 1.29 is 4.79 Å². The topological polar surface area (TPSA) is 87.8 Å². The molecular weight excluding hydrogens is 288 g/mol. The van der Waals surface area contributed by atoms with E-state index in [1.807, 2.05) is 6.07 Å². The van der Waals surface area contributed by atoms with Crippen molar-refractivity contribution in [1.82, 2.24) is 14.9 Å². The smallest absolute Gasteiger partial charge is 0.272 e. The second-order valence-electron chi connectivity index (χ2n) is 5.08. The molecule has 1 N–H and O–H groups in total. The number of nitrogens with one attached hydrogen (secondary N) is 1. The third kappa shape index (κ3) is 3.85. The molecule has 0 atom stereocenters. The van der Waals surface area contributed by atoms with Gasteiger partial charge in [-0.15, -0.1) is 11.8 Å². The Hall–Kier alpha value is -1.81. The molecule has 0 spiro atoms. The van der Waals surface area contributed by atoms with Crippen molar-refractivity contribution in [3.8, 4) is 6.07 Å². The SMILES string of the molecule is CSc1ncn(CC(=O)NC2CCCCC2)c(=O)c1C#N. The molecule has 1 aromatic rings. The first-order chi connectivity index (χ1) is 10.2. The molecule has 0 unspecified atom stereocenters. The van der Waals surface area contributed by atoms with E-state index in [0.29, 0.717) is 5.03 Å². The zero-order valence-electron chi connectivity index (χ0n) is 12.0. The molecule has 0 aliphatic heterocycles. The average Bonchev–Trinajstić information content (AvgIpc) is 2.50. The molecule has 2 rings (SSSR count). The summed E-state index contributed by atoms with van der Waals surface area (Å²) in [6.45, 7) is -0.0916. The van der Waals surface area contributed by atoms with Crippen LogP contribution in [0.5, 0.6) is 0 Å². The maximum Gasteiger partial charge on any atom is 0.272 e. The molecule has 1 aliphatic carbocycles. The fourth-order valence-corrected chi connectivity index (χ4v) is 3.00. The molecule has 1 aliphatic rings. The van der Waals surface area contributed by atoms with Gasteiger partial charge in [0.25, 0.3) is 5.56 Å². The van der Waals surface area contributed by atoms with Crippen LogP contribution < -0.4 is 10.9 Å². The molecule has 1 saturated carbocycles. The lowest BCUT2D eigenvalue weighted by Crippen LogP contribution is -2.40. The van der Waals surface area contributed by atoms with E-state index in [2.05, 4.69) is 10.3 Å². The lowest BCUT2D eigenvalue weighted by Gasteiger charge is -2.22. The lowest BCUT2D eigenvalue weighted by atomic mass is 9.95. The summed E-state index contributed by atoms with van der Waals surface area (Å²) in [7, 11) is 0. The minimum atomic E-state index is -0.462. The Labute approximate surface area is 127 Å². The summed E-state index contributed by atoms with van der Waals surface area (Å²) in [5, 5.41) is 12.4. The van der Waals surface area contributed by atoms with Crippen LogP contribution in [0.2, 0.25) is 0 Å². The quantitative estimate of drug-likeness (QED) is 0.669. The van der Waals surface area contributed by atoms with Crippen molar-refractivity contribution in [2.75, 3.05) is 6.26 Å². The summed E-state index contributed by atoms with van der Waals surface area (Å²) in [6, 6.07) is 2.07. The van der Waals surface area contributed by atoms with Crippen molar-refractivity contribution in [1.29, 1.82) is 5.26 Å². The summed E-state index contributed by atoms with van der Waals surface area (Å²) < 4.78 is 1.19. The van der Waals surface area contributed by atoms with Crippen molar-refractivity contribution in [2.24, 2.45) is 0 Å². The van der Waals surface area contributed by atoms with E-state index in [-0.39, 0.29) is 24.1 Å². The van der Waals surface area contributed by atoms with Crippen LogP contribution in [0, 0.1) is 11.3 Å². The van der Waals surface area contributed by atoms with E-state index in [1.54, 1.807) is 6.26 Å². The summed E-state index contributed by atoms with van der Waals surface area (Å²) in [6.07, 6.45) is 8.55. The molecule has 6 nitrogen and oxygen atoms in total. The van der Waals surface area contributed by atoms with Gasteiger partial charge in [-0.2, -0.15) is 5.26 Å². The monoisotopic (exact) mass is 306 g/mol. The second kappa shape index (κ2) is 7.27. The van der Waals surface area contributed by atoms with Crippen LogP contribution >= 0.6 is 11.8 Å². The number of amides is 1. The molecular formula is C14H18N4O2S.